The van der Waals surface area contributed by atoms with Crippen molar-refractivity contribution < 1.29 is 13.9 Å². The molecule has 3 aromatic rings. The smallest absolute Gasteiger partial charge is 0.234 e. The van der Waals surface area contributed by atoms with Crippen molar-refractivity contribution in [1.29, 1.82) is 0 Å². The Morgan fingerprint density at radius 1 is 1.21 bits per heavy atom. The highest BCUT2D eigenvalue weighted by atomic mass is 32.2. The highest BCUT2D eigenvalue weighted by molar-refractivity contribution is 7.99. The number of carbonyl (C=O) groups excluding carboxylic acids is 1. The maximum absolute atomic E-state index is 14.0. The first kappa shape index (κ1) is 19.9. The molecular formula is C20H21FN4O2S. The zero-order valence-corrected chi connectivity index (χ0v) is 16.7. The van der Waals surface area contributed by atoms with Crippen molar-refractivity contribution in [3.05, 3.63) is 53.3 Å². The molecule has 0 aliphatic heterocycles. The number of carbonyl (C=O) groups is 1. The number of H-pyrrole nitrogens is 1. The third-order valence-corrected chi connectivity index (χ3v) is 4.66. The second-order valence-electron chi connectivity index (χ2n) is 6.26. The standard InChI is InChI=1S/C20H21FN4O2S/c1-4-27-17-6-5-14(10-16(17)21)19-23-20(25-24-19)28-11-18(26)22-15-8-12(2)7-13(3)9-15/h5-10H,4,11H2,1-3H3,(H,22,26)(H,23,24,25). The predicted octanol–water partition coefficient (Wildman–Crippen LogP) is 4.36. The highest BCUT2D eigenvalue weighted by Crippen LogP contribution is 2.25. The number of aryl methyl sites for hydroxylation is 2. The number of anilines is 1. The second kappa shape index (κ2) is 8.88. The third kappa shape index (κ3) is 5.10. The van der Waals surface area contributed by atoms with Gasteiger partial charge < -0.3 is 10.1 Å². The van der Waals surface area contributed by atoms with Gasteiger partial charge in [0, 0.05) is 11.3 Å². The number of aromatic amines is 1. The van der Waals surface area contributed by atoms with Gasteiger partial charge in [-0.3, -0.25) is 9.89 Å². The summed E-state index contributed by atoms with van der Waals surface area (Å²) < 4.78 is 19.2. The van der Waals surface area contributed by atoms with Gasteiger partial charge in [-0.2, -0.15) is 0 Å². The van der Waals surface area contributed by atoms with Crippen LogP contribution < -0.4 is 10.1 Å². The second-order valence-corrected chi connectivity index (χ2v) is 7.20. The number of ether oxygens (including phenoxy) is 1. The zero-order valence-electron chi connectivity index (χ0n) is 15.9. The SMILES string of the molecule is CCOc1ccc(-c2nc(SCC(=O)Nc3cc(C)cc(C)c3)n[nH]2)cc1F. The first-order valence-corrected chi connectivity index (χ1v) is 9.79. The molecule has 3 rings (SSSR count). The van der Waals surface area contributed by atoms with Crippen molar-refractivity contribution in [2.75, 3.05) is 17.7 Å². The molecule has 1 aromatic heterocycles. The molecule has 6 nitrogen and oxygen atoms in total. The summed E-state index contributed by atoms with van der Waals surface area (Å²) in [4.78, 5) is 16.5. The van der Waals surface area contributed by atoms with E-state index in [1.54, 1.807) is 19.1 Å². The van der Waals surface area contributed by atoms with Crippen LogP contribution in [0.25, 0.3) is 11.4 Å². The summed E-state index contributed by atoms with van der Waals surface area (Å²) >= 11 is 1.20. The minimum atomic E-state index is -0.460. The normalized spacial score (nSPS) is 10.7. The molecule has 0 aliphatic rings. The summed E-state index contributed by atoms with van der Waals surface area (Å²) in [6.07, 6.45) is 0. The molecule has 146 valence electrons. The Morgan fingerprint density at radius 2 is 1.96 bits per heavy atom. The van der Waals surface area contributed by atoms with E-state index in [-0.39, 0.29) is 17.4 Å². The Balaban J connectivity index is 1.60. The first-order valence-electron chi connectivity index (χ1n) is 8.80. The van der Waals surface area contributed by atoms with Crippen LogP contribution in [0, 0.1) is 19.7 Å². The highest BCUT2D eigenvalue weighted by Gasteiger charge is 2.12. The molecule has 2 N–H and O–H groups in total. The molecular weight excluding hydrogens is 379 g/mol. The summed E-state index contributed by atoms with van der Waals surface area (Å²) in [6.45, 7) is 6.15. The summed E-state index contributed by atoms with van der Waals surface area (Å²) in [7, 11) is 0. The Hall–Kier alpha value is -2.87. The first-order chi connectivity index (χ1) is 13.4. The molecule has 1 heterocycles. The molecule has 0 unspecified atom stereocenters. The number of halogens is 1. The van der Waals surface area contributed by atoms with Crippen LogP contribution in [0.4, 0.5) is 10.1 Å². The van der Waals surface area contributed by atoms with Crippen molar-refractivity contribution in [1.82, 2.24) is 15.2 Å². The van der Waals surface area contributed by atoms with Crippen molar-refractivity contribution >= 4 is 23.4 Å². The van der Waals surface area contributed by atoms with Gasteiger partial charge in [0.05, 0.1) is 12.4 Å². The molecule has 0 saturated heterocycles. The number of nitrogens with one attached hydrogen (secondary N) is 2. The van der Waals surface area contributed by atoms with Crippen LogP contribution in [-0.2, 0) is 4.79 Å². The van der Waals surface area contributed by atoms with Crippen molar-refractivity contribution in [2.45, 2.75) is 25.9 Å². The van der Waals surface area contributed by atoms with E-state index < -0.39 is 5.82 Å². The van der Waals surface area contributed by atoms with Gasteiger partial charge in [-0.15, -0.1) is 5.10 Å². The number of rotatable bonds is 7. The molecule has 0 saturated carbocycles. The maximum atomic E-state index is 14.0. The number of amides is 1. The minimum Gasteiger partial charge on any atom is -0.491 e. The lowest BCUT2D eigenvalue weighted by Gasteiger charge is -2.06. The van der Waals surface area contributed by atoms with Gasteiger partial charge in [-0.25, -0.2) is 9.37 Å². The van der Waals surface area contributed by atoms with Crippen LogP contribution in [0.2, 0.25) is 0 Å². The van der Waals surface area contributed by atoms with Gasteiger partial charge in [0.15, 0.2) is 17.4 Å². The average molecular weight is 400 g/mol. The van der Waals surface area contributed by atoms with Gasteiger partial charge in [0.2, 0.25) is 11.1 Å². The Kier molecular flexibility index (Phi) is 6.30. The quantitative estimate of drug-likeness (QED) is 0.576. The van der Waals surface area contributed by atoms with Crippen LogP contribution in [0.15, 0.2) is 41.6 Å². The Morgan fingerprint density at radius 3 is 2.64 bits per heavy atom. The van der Waals surface area contributed by atoms with Gasteiger partial charge in [0.1, 0.15) is 0 Å². The lowest BCUT2D eigenvalue weighted by atomic mass is 10.1. The number of nitrogens with zero attached hydrogens (tertiary/aromatic N) is 2. The lowest BCUT2D eigenvalue weighted by molar-refractivity contribution is -0.113. The molecule has 0 bridgehead atoms. The van der Waals surface area contributed by atoms with Gasteiger partial charge in [-0.05, 0) is 62.2 Å². The van der Waals surface area contributed by atoms with E-state index in [1.165, 1.54) is 17.8 Å². The topological polar surface area (TPSA) is 79.9 Å². The summed E-state index contributed by atoms with van der Waals surface area (Å²) in [5, 5.41) is 10.1. The molecule has 0 aliphatic carbocycles. The number of benzene rings is 2. The molecule has 2 aromatic carbocycles. The third-order valence-electron chi connectivity index (χ3n) is 3.81. The van der Waals surface area contributed by atoms with Gasteiger partial charge in [-0.1, -0.05) is 17.8 Å². The average Bonchev–Trinajstić information content (AvgIpc) is 3.10. The number of thioether (sulfide) groups is 1. The van der Waals surface area contributed by atoms with Crippen LogP contribution in [-0.4, -0.2) is 33.4 Å². The van der Waals surface area contributed by atoms with Crippen LogP contribution in [0.1, 0.15) is 18.1 Å². The molecule has 28 heavy (non-hydrogen) atoms. The summed E-state index contributed by atoms with van der Waals surface area (Å²) in [5.74, 6) is 0.191. The number of hydrogen-bond acceptors (Lipinski definition) is 5. The predicted molar refractivity (Wildman–Crippen MR) is 108 cm³/mol. The van der Waals surface area contributed by atoms with E-state index in [4.69, 9.17) is 4.74 Å². The fourth-order valence-corrected chi connectivity index (χ4v) is 3.33. The molecule has 0 spiro atoms. The number of aromatic nitrogens is 3. The van der Waals surface area contributed by atoms with Crippen molar-refractivity contribution in [2.24, 2.45) is 0 Å². The monoisotopic (exact) mass is 400 g/mol. The van der Waals surface area contributed by atoms with Crippen molar-refractivity contribution in [3.8, 4) is 17.1 Å². The molecule has 0 radical (unpaired) electrons. The molecule has 0 atom stereocenters. The zero-order chi connectivity index (χ0) is 20.1. The lowest BCUT2D eigenvalue weighted by Crippen LogP contribution is -2.14. The molecule has 0 fully saturated rings. The summed E-state index contributed by atoms with van der Waals surface area (Å²) in [6, 6.07) is 10.5. The fraction of sp³-hybridized carbons (Fsp3) is 0.250. The minimum absolute atomic E-state index is 0.145. The summed E-state index contributed by atoms with van der Waals surface area (Å²) in [5.41, 5.74) is 3.50. The fourth-order valence-electron chi connectivity index (χ4n) is 2.73. The van der Waals surface area contributed by atoms with Crippen LogP contribution in [0.3, 0.4) is 0 Å². The van der Waals surface area contributed by atoms with Gasteiger partial charge in [0.25, 0.3) is 0 Å². The van der Waals surface area contributed by atoms with E-state index in [0.29, 0.717) is 23.2 Å². The van der Waals surface area contributed by atoms with Gasteiger partial charge >= 0.3 is 0 Å². The maximum Gasteiger partial charge on any atom is 0.234 e. The van der Waals surface area contributed by atoms with E-state index in [9.17, 15) is 9.18 Å². The van der Waals surface area contributed by atoms with Crippen LogP contribution in [0.5, 0.6) is 5.75 Å². The van der Waals surface area contributed by atoms with E-state index in [1.807, 2.05) is 32.0 Å². The largest absolute Gasteiger partial charge is 0.491 e. The van der Waals surface area contributed by atoms with E-state index in [0.717, 1.165) is 16.8 Å². The Bertz CT molecular complexity index is 970. The molecule has 8 heteroatoms. The van der Waals surface area contributed by atoms with Crippen molar-refractivity contribution in [3.63, 3.8) is 0 Å². The Labute approximate surface area is 166 Å². The molecule has 1 amide bonds. The van der Waals surface area contributed by atoms with E-state index >= 15 is 0 Å². The number of hydrogen-bond donors (Lipinski definition) is 2. The van der Waals surface area contributed by atoms with Crippen LogP contribution >= 0.6 is 11.8 Å². The van der Waals surface area contributed by atoms with E-state index in [2.05, 4.69) is 20.5 Å².